The molecule has 1 rings (SSSR count). The number of hydrogen-bond donors (Lipinski definition) is 2. The Morgan fingerprint density at radius 1 is 1.38 bits per heavy atom. The molecule has 1 aromatic carbocycles. The lowest BCUT2D eigenvalue weighted by Crippen LogP contribution is -2.20. The molecular formula is C12H18N2O2. The second-order valence-corrected chi connectivity index (χ2v) is 3.45. The topological polar surface area (TPSA) is 50.4 Å². The highest BCUT2D eigenvalue weighted by molar-refractivity contribution is 5.45. The van der Waals surface area contributed by atoms with Crippen molar-refractivity contribution in [3.05, 3.63) is 29.8 Å². The highest BCUT2D eigenvalue weighted by atomic mass is 16.5. The van der Waals surface area contributed by atoms with Crippen molar-refractivity contribution in [3.8, 4) is 5.75 Å². The Morgan fingerprint density at radius 3 is 3.00 bits per heavy atom. The van der Waals surface area contributed by atoms with E-state index >= 15 is 0 Å². The molecule has 1 aromatic rings. The molecule has 2 N–H and O–H groups in total. The van der Waals surface area contributed by atoms with Crippen LogP contribution in [0.25, 0.3) is 0 Å². The lowest BCUT2D eigenvalue weighted by molar-refractivity contribution is -0.109. The number of rotatable bonds is 8. The Bertz CT molecular complexity index is 316. The van der Waals surface area contributed by atoms with Gasteiger partial charge in [0.25, 0.3) is 0 Å². The number of benzene rings is 1. The van der Waals surface area contributed by atoms with Crippen LogP contribution in [0.4, 0.5) is 0 Å². The van der Waals surface area contributed by atoms with Gasteiger partial charge in [-0.2, -0.15) is 0 Å². The Balaban J connectivity index is 2.18. The molecule has 0 heterocycles. The first-order valence-corrected chi connectivity index (χ1v) is 5.37. The molecule has 88 valence electrons. The van der Waals surface area contributed by atoms with E-state index in [0.29, 0.717) is 6.54 Å². The number of carbonyl (C=O) groups excluding carboxylic acids is 1. The molecule has 0 atom stereocenters. The van der Waals surface area contributed by atoms with E-state index in [1.165, 1.54) is 5.56 Å². The molecule has 0 radical (unpaired) electrons. The third kappa shape index (κ3) is 4.79. The van der Waals surface area contributed by atoms with Crippen molar-refractivity contribution in [2.24, 2.45) is 0 Å². The van der Waals surface area contributed by atoms with Crippen molar-refractivity contribution in [1.29, 1.82) is 0 Å². The van der Waals surface area contributed by atoms with Crippen molar-refractivity contribution in [2.75, 3.05) is 20.2 Å². The zero-order valence-electron chi connectivity index (χ0n) is 9.53. The maximum atomic E-state index is 9.98. The number of methoxy groups -OCH3 is 1. The molecule has 0 bridgehead atoms. The molecule has 0 spiro atoms. The summed E-state index contributed by atoms with van der Waals surface area (Å²) in [5.41, 5.74) is 1.20. The molecular weight excluding hydrogens is 204 g/mol. The fourth-order valence-electron chi connectivity index (χ4n) is 1.39. The minimum atomic E-state index is 0.717. The molecule has 0 aromatic heterocycles. The van der Waals surface area contributed by atoms with E-state index in [-0.39, 0.29) is 0 Å². The van der Waals surface area contributed by atoms with Gasteiger partial charge in [-0.1, -0.05) is 12.1 Å². The van der Waals surface area contributed by atoms with Crippen LogP contribution in [0.15, 0.2) is 24.3 Å². The maximum absolute atomic E-state index is 9.98. The normalized spacial score (nSPS) is 9.81. The van der Waals surface area contributed by atoms with Crippen molar-refractivity contribution >= 4 is 6.41 Å². The van der Waals surface area contributed by atoms with E-state index in [4.69, 9.17) is 4.74 Å². The fourth-order valence-corrected chi connectivity index (χ4v) is 1.39. The molecule has 0 saturated carbocycles. The number of hydrogen-bond acceptors (Lipinski definition) is 3. The highest BCUT2D eigenvalue weighted by Gasteiger charge is 1.95. The Morgan fingerprint density at radius 2 is 2.25 bits per heavy atom. The zero-order valence-corrected chi connectivity index (χ0v) is 9.53. The maximum Gasteiger partial charge on any atom is 0.207 e. The van der Waals surface area contributed by atoms with Gasteiger partial charge in [0.05, 0.1) is 7.11 Å². The summed E-state index contributed by atoms with van der Waals surface area (Å²) in [5, 5.41) is 5.93. The van der Waals surface area contributed by atoms with Gasteiger partial charge in [-0.25, -0.2) is 0 Å². The lowest BCUT2D eigenvalue weighted by Gasteiger charge is -2.06. The first-order valence-electron chi connectivity index (χ1n) is 5.37. The van der Waals surface area contributed by atoms with Crippen LogP contribution in [0.2, 0.25) is 0 Å². The summed E-state index contributed by atoms with van der Waals surface area (Å²) in [6, 6.07) is 7.97. The predicted molar refractivity (Wildman–Crippen MR) is 63.4 cm³/mol. The zero-order chi connectivity index (χ0) is 11.6. The van der Waals surface area contributed by atoms with Crippen molar-refractivity contribution in [3.63, 3.8) is 0 Å². The van der Waals surface area contributed by atoms with Crippen LogP contribution in [-0.2, 0) is 11.3 Å². The van der Waals surface area contributed by atoms with Gasteiger partial charge < -0.3 is 15.4 Å². The van der Waals surface area contributed by atoms with Gasteiger partial charge in [0, 0.05) is 13.1 Å². The van der Waals surface area contributed by atoms with Gasteiger partial charge in [0.2, 0.25) is 6.41 Å². The lowest BCUT2D eigenvalue weighted by atomic mass is 10.2. The third-order valence-corrected chi connectivity index (χ3v) is 2.22. The van der Waals surface area contributed by atoms with Gasteiger partial charge >= 0.3 is 0 Å². The van der Waals surface area contributed by atoms with E-state index in [1.807, 2.05) is 18.2 Å². The molecule has 0 unspecified atom stereocenters. The van der Waals surface area contributed by atoms with Gasteiger partial charge in [-0.05, 0) is 30.7 Å². The molecule has 0 aliphatic rings. The molecule has 4 nitrogen and oxygen atoms in total. The summed E-state index contributed by atoms with van der Waals surface area (Å²) in [7, 11) is 1.66. The van der Waals surface area contributed by atoms with Crippen LogP contribution >= 0.6 is 0 Å². The van der Waals surface area contributed by atoms with Crippen LogP contribution in [-0.4, -0.2) is 26.6 Å². The van der Waals surface area contributed by atoms with Crippen molar-refractivity contribution in [1.82, 2.24) is 10.6 Å². The summed E-state index contributed by atoms with van der Waals surface area (Å²) in [4.78, 5) is 9.98. The standard InChI is InChI=1S/C12H18N2O2/c1-16-12-5-2-4-11(8-12)9-13-6-3-7-14-10-15/h2,4-5,8,10,13H,3,6-7,9H2,1H3,(H,14,15). The average Bonchev–Trinajstić information content (AvgIpc) is 2.34. The summed E-state index contributed by atoms with van der Waals surface area (Å²) >= 11 is 0. The van der Waals surface area contributed by atoms with Crippen LogP contribution in [0.5, 0.6) is 5.75 Å². The first kappa shape index (κ1) is 12.5. The van der Waals surface area contributed by atoms with Gasteiger partial charge in [0.1, 0.15) is 5.75 Å². The SMILES string of the molecule is COc1cccc(CNCCCNC=O)c1. The van der Waals surface area contributed by atoms with Crippen LogP contribution in [0.1, 0.15) is 12.0 Å². The van der Waals surface area contributed by atoms with E-state index in [1.54, 1.807) is 7.11 Å². The minimum Gasteiger partial charge on any atom is -0.497 e. The Labute approximate surface area is 96.0 Å². The number of ether oxygens (including phenoxy) is 1. The minimum absolute atomic E-state index is 0.717. The van der Waals surface area contributed by atoms with E-state index < -0.39 is 0 Å². The van der Waals surface area contributed by atoms with E-state index in [2.05, 4.69) is 16.7 Å². The van der Waals surface area contributed by atoms with E-state index in [9.17, 15) is 4.79 Å². The summed E-state index contributed by atoms with van der Waals surface area (Å²) in [6.45, 7) is 2.42. The summed E-state index contributed by atoms with van der Waals surface area (Å²) in [5.74, 6) is 0.877. The molecule has 1 amide bonds. The Hall–Kier alpha value is -1.55. The Kier molecular flexibility index (Phi) is 6.03. The predicted octanol–water partition coefficient (Wildman–Crippen LogP) is 0.921. The number of carbonyl (C=O) groups is 1. The molecule has 4 heteroatoms. The van der Waals surface area contributed by atoms with Crippen LogP contribution in [0.3, 0.4) is 0 Å². The highest BCUT2D eigenvalue weighted by Crippen LogP contribution is 2.11. The molecule has 0 fully saturated rings. The fraction of sp³-hybridized carbons (Fsp3) is 0.417. The quantitative estimate of drug-likeness (QED) is 0.508. The van der Waals surface area contributed by atoms with Crippen LogP contribution in [0, 0.1) is 0 Å². The number of nitrogens with one attached hydrogen (secondary N) is 2. The second kappa shape index (κ2) is 7.70. The molecule has 0 aliphatic carbocycles. The van der Waals surface area contributed by atoms with Gasteiger partial charge in [-0.15, -0.1) is 0 Å². The van der Waals surface area contributed by atoms with Gasteiger partial charge in [-0.3, -0.25) is 4.79 Å². The van der Waals surface area contributed by atoms with Crippen molar-refractivity contribution < 1.29 is 9.53 Å². The average molecular weight is 222 g/mol. The largest absolute Gasteiger partial charge is 0.497 e. The molecule has 16 heavy (non-hydrogen) atoms. The van der Waals surface area contributed by atoms with Crippen LogP contribution < -0.4 is 15.4 Å². The van der Waals surface area contributed by atoms with E-state index in [0.717, 1.165) is 31.7 Å². The molecule has 0 aliphatic heterocycles. The van der Waals surface area contributed by atoms with Gasteiger partial charge in [0.15, 0.2) is 0 Å². The molecule has 0 saturated heterocycles. The first-order chi connectivity index (χ1) is 7.86. The third-order valence-electron chi connectivity index (χ3n) is 2.22. The summed E-state index contributed by atoms with van der Waals surface area (Å²) in [6.07, 6.45) is 1.66. The second-order valence-electron chi connectivity index (χ2n) is 3.45. The number of amides is 1. The monoisotopic (exact) mass is 222 g/mol. The van der Waals surface area contributed by atoms with Crippen molar-refractivity contribution in [2.45, 2.75) is 13.0 Å². The summed E-state index contributed by atoms with van der Waals surface area (Å²) < 4.78 is 5.14. The smallest absolute Gasteiger partial charge is 0.207 e.